The molecule has 0 unspecified atom stereocenters. The lowest BCUT2D eigenvalue weighted by Crippen LogP contribution is -2.34. The van der Waals surface area contributed by atoms with Crippen LogP contribution >= 0.6 is 24.0 Å². The van der Waals surface area contributed by atoms with Crippen LogP contribution in [0.3, 0.4) is 0 Å². The summed E-state index contributed by atoms with van der Waals surface area (Å²) in [6.07, 6.45) is 4.41. The van der Waals surface area contributed by atoms with Gasteiger partial charge in [-0.1, -0.05) is 49.1 Å². The van der Waals surface area contributed by atoms with E-state index in [1.807, 2.05) is 57.3 Å². The summed E-state index contributed by atoms with van der Waals surface area (Å²) in [5.74, 6) is -0.373. The van der Waals surface area contributed by atoms with Gasteiger partial charge in [0, 0.05) is 23.4 Å². The van der Waals surface area contributed by atoms with Crippen LogP contribution in [0.5, 0.6) is 5.75 Å². The summed E-state index contributed by atoms with van der Waals surface area (Å²) >= 11 is 6.67. The van der Waals surface area contributed by atoms with Gasteiger partial charge in [0.05, 0.1) is 17.2 Å². The van der Waals surface area contributed by atoms with E-state index in [0.29, 0.717) is 32.7 Å². The van der Waals surface area contributed by atoms with Gasteiger partial charge in [-0.05, 0) is 56.7 Å². The van der Waals surface area contributed by atoms with E-state index in [1.54, 1.807) is 27.8 Å². The number of hydrogen-bond acceptors (Lipinski definition) is 5. The molecular formula is C25H24FN3O2S2. The summed E-state index contributed by atoms with van der Waals surface area (Å²) in [6, 6.07) is 14.4. The zero-order valence-corrected chi connectivity index (χ0v) is 20.3. The van der Waals surface area contributed by atoms with Crippen molar-refractivity contribution in [2.75, 3.05) is 6.61 Å². The first-order valence-corrected chi connectivity index (χ1v) is 12.0. The van der Waals surface area contributed by atoms with Gasteiger partial charge < -0.3 is 4.74 Å². The molecular weight excluding hydrogens is 457 g/mol. The Kier molecular flexibility index (Phi) is 6.95. The van der Waals surface area contributed by atoms with Crippen molar-refractivity contribution in [3.05, 3.63) is 71.0 Å². The average Bonchev–Trinajstić information content (AvgIpc) is 3.34. The SMILES string of the molecule is CCCOc1ccc(-c2nn(-c3ccccc3)cc2/C=C2\SC(=S)N(C(C)C)C2=O)cc1F. The Morgan fingerprint density at radius 1 is 1.21 bits per heavy atom. The van der Waals surface area contributed by atoms with Crippen LogP contribution in [0.4, 0.5) is 4.39 Å². The van der Waals surface area contributed by atoms with Crippen molar-refractivity contribution < 1.29 is 13.9 Å². The van der Waals surface area contributed by atoms with Crippen LogP contribution in [0.15, 0.2) is 59.6 Å². The number of benzene rings is 2. The van der Waals surface area contributed by atoms with Gasteiger partial charge in [-0.15, -0.1) is 0 Å². The van der Waals surface area contributed by atoms with E-state index in [9.17, 15) is 9.18 Å². The highest BCUT2D eigenvalue weighted by Crippen LogP contribution is 2.36. The predicted octanol–water partition coefficient (Wildman–Crippen LogP) is 6.08. The molecule has 8 heteroatoms. The third-order valence-corrected chi connectivity index (χ3v) is 6.39. The number of thiocarbonyl (C=S) groups is 1. The Bertz CT molecular complexity index is 1220. The van der Waals surface area contributed by atoms with Crippen LogP contribution in [0.25, 0.3) is 23.0 Å². The first-order valence-electron chi connectivity index (χ1n) is 10.7. The van der Waals surface area contributed by atoms with Crippen LogP contribution in [0.1, 0.15) is 32.8 Å². The predicted molar refractivity (Wildman–Crippen MR) is 135 cm³/mol. The normalized spacial score (nSPS) is 15.2. The molecule has 1 fully saturated rings. The van der Waals surface area contributed by atoms with Gasteiger partial charge >= 0.3 is 0 Å². The number of hydrogen-bond donors (Lipinski definition) is 0. The fraction of sp³-hybridized carbons (Fsp3) is 0.240. The highest BCUT2D eigenvalue weighted by Gasteiger charge is 2.34. The van der Waals surface area contributed by atoms with Crippen molar-refractivity contribution in [3.8, 4) is 22.7 Å². The molecule has 1 aromatic heterocycles. The summed E-state index contributed by atoms with van der Waals surface area (Å²) in [5, 5.41) is 4.72. The van der Waals surface area contributed by atoms with Gasteiger partial charge in [0.15, 0.2) is 11.6 Å². The molecule has 0 aliphatic carbocycles. The van der Waals surface area contributed by atoms with Gasteiger partial charge in [-0.3, -0.25) is 9.69 Å². The number of amides is 1. The van der Waals surface area contributed by atoms with Crippen molar-refractivity contribution in [1.82, 2.24) is 14.7 Å². The van der Waals surface area contributed by atoms with Crippen molar-refractivity contribution in [2.45, 2.75) is 33.2 Å². The Morgan fingerprint density at radius 2 is 1.97 bits per heavy atom. The van der Waals surface area contributed by atoms with Crippen LogP contribution in [0, 0.1) is 5.82 Å². The standard InChI is InChI=1S/C25H24FN3O2S2/c1-4-12-31-21-11-10-17(13-20(21)26)23-18(15-28(27-23)19-8-6-5-7-9-19)14-22-24(30)29(16(2)3)25(32)33-22/h5-11,13-16H,4,12H2,1-3H3/b22-14-. The van der Waals surface area contributed by atoms with E-state index >= 15 is 0 Å². The van der Waals surface area contributed by atoms with Crippen molar-refractivity contribution in [3.63, 3.8) is 0 Å². The molecule has 4 rings (SSSR count). The molecule has 0 bridgehead atoms. The second kappa shape index (κ2) is 9.89. The summed E-state index contributed by atoms with van der Waals surface area (Å²) in [7, 11) is 0. The summed E-state index contributed by atoms with van der Waals surface area (Å²) in [4.78, 5) is 15.1. The van der Waals surface area contributed by atoms with Crippen LogP contribution in [-0.2, 0) is 4.79 Å². The second-order valence-electron chi connectivity index (χ2n) is 7.85. The van der Waals surface area contributed by atoms with E-state index in [0.717, 1.165) is 12.1 Å². The molecule has 0 spiro atoms. The minimum Gasteiger partial charge on any atom is -0.491 e. The Labute approximate surface area is 202 Å². The van der Waals surface area contributed by atoms with E-state index in [2.05, 4.69) is 0 Å². The Morgan fingerprint density at radius 3 is 2.61 bits per heavy atom. The summed E-state index contributed by atoms with van der Waals surface area (Å²) in [6.45, 7) is 6.27. The Hall–Kier alpha value is -2.97. The first-order chi connectivity index (χ1) is 15.9. The number of nitrogens with zero attached hydrogens (tertiary/aromatic N) is 3. The molecule has 0 saturated carbocycles. The molecule has 1 saturated heterocycles. The number of carbonyl (C=O) groups excluding carboxylic acids is 1. The maximum atomic E-state index is 14.7. The van der Waals surface area contributed by atoms with Gasteiger partial charge in [0.1, 0.15) is 10.0 Å². The molecule has 0 N–H and O–H groups in total. The van der Waals surface area contributed by atoms with Crippen molar-refractivity contribution in [1.29, 1.82) is 0 Å². The minimum atomic E-state index is -0.452. The van der Waals surface area contributed by atoms with Crippen molar-refractivity contribution in [2.24, 2.45) is 0 Å². The van der Waals surface area contributed by atoms with E-state index in [4.69, 9.17) is 22.1 Å². The van der Waals surface area contributed by atoms with Crippen molar-refractivity contribution >= 4 is 40.3 Å². The molecule has 33 heavy (non-hydrogen) atoms. The maximum Gasteiger partial charge on any atom is 0.266 e. The van der Waals surface area contributed by atoms with Gasteiger partial charge in [-0.25, -0.2) is 9.07 Å². The number of thioether (sulfide) groups is 1. The number of ether oxygens (including phenoxy) is 1. The largest absolute Gasteiger partial charge is 0.491 e. The lowest BCUT2D eigenvalue weighted by Gasteiger charge is -2.18. The fourth-order valence-electron chi connectivity index (χ4n) is 3.47. The highest BCUT2D eigenvalue weighted by molar-refractivity contribution is 8.26. The molecule has 1 amide bonds. The molecule has 5 nitrogen and oxygen atoms in total. The monoisotopic (exact) mass is 481 g/mol. The lowest BCUT2D eigenvalue weighted by molar-refractivity contribution is -0.123. The third kappa shape index (κ3) is 4.86. The fourth-order valence-corrected chi connectivity index (χ4v) is 4.99. The summed E-state index contributed by atoms with van der Waals surface area (Å²) < 4.78 is 22.4. The molecule has 1 aliphatic heterocycles. The molecule has 0 atom stereocenters. The number of carbonyl (C=O) groups is 1. The number of aromatic nitrogens is 2. The van der Waals surface area contributed by atoms with E-state index in [-0.39, 0.29) is 17.7 Å². The molecule has 2 heterocycles. The molecule has 3 aromatic rings. The van der Waals surface area contributed by atoms with Crippen LogP contribution < -0.4 is 4.74 Å². The van der Waals surface area contributed by atoms with Gasteiger partial charge in [-0.2, -0.15) is 5.10 Å². The number of para-hydroxylation sites is 1. The smallest absolute Gasteiger partial charge is 0.266 e. The number of rotatable bonds is 7. The quantitative estimate of drug-likeness (QED) is 0.302. The average molecular weight is 482 g/mol. The number of halogens is 1. The maximum absolute atomic E-state index is 14.7. The molecule has 170 valence electrons. The second-order valence-corrected chi connectivity index (χ2v) is 9.53. The highest BCUT2D eigenvalue weighted by atomic mass is 32.2. The molecule has 0 radical (unpaired) electrons. The topological polar surface area (TPSA) is 47.4 Å². The van der Waals surface area contributed by atoms with Gasteiger partial charge in [0.25, 0.3) is 5.91 Å². The Balaban J connectivity index is 1.79. The molecule has 1 aliphatic rings. The zero-order valence-electron chi connectivity index (χ0n) is 18.6. The van der Waals surface area contributed by atoms with Crippen LogP contribution in [-0.4, -0.2) is 37.6 Å². The van der Waals surface area contributed by atoms with E-state index in [1.165, 1.54) is 17.8 Å². The lowest BCUT2D eigenvalue weighted by atomic mass is 10.1. The van der Waals surface area contributed by atoms with Crippen LogP contribution in [0.2, 0.25) is 0 Å². The first kappa shape index (κ1) is 23.2. The molecule has 2 aromatic carbocycles. The minimum absolute atomic E-state index is 0.0281. The van der Waals surface area contributed by atoms with E-state index < -0.39 is 5.82 Å². The summed E-state index contributed by atoms with van der Waals surface area (Å²) in [5.41, 5.74) is 2.72. The third-order valence-electron chi connectivity index (χ3n) is 5.06. The zero-order chi connectivity index (χ0) is 23.5. The van der Waals surface area contributed by atoms with Gasteiger partial charge in [0.2, 0.25) is 0 Å².